The fourth-order valence-electron chi connectivity index (χ4n) is 5.28. The minimum atomic E-state index is -1.07. The van der Waals surface area contributed by atoms with Crippen molar-refractivity contribution >= 4 is 39.9 Å². The van der Waals surface area contributed by atoms with Crippen molar-refractivity contribution in [3.05, 3.63) is 134 Å². The number of imidazole rings is 1. The summed E-state index contributed by atoms with van der Waals surface area (Å²) < 4.78 is 3.51. The van der Waals surface area contributed by atoms with Crippen LogP contribution in [-0.2, 0) is 30.8 Å². The first kappa shape index (κ1) is 28.6. The molecule has 3 aromatic carbocycles. The van der Waals surface area contributed by atoms with Crippen molar-refractivity contribution in [1.29, 1.82) is 0 Å². The number of fused-ring (bicyclic) bond motifs is 1. The van der Waals surface area contributed by atoms with Crippen LogP contribution in [0.3, 0.4) is 0 Å². The van der Waals surface area contributed by atoms with Gasteiger partial charge >= 0.3 is 0 Å². The molecule has 0 bridgehead atoms. The molecule has 208 valence electrons. The van der Waals surface area contributed by atoms with Crippen LogP contribution in [0, 0.1) is 0 Å². The summed E-state index contributed by atoms with van der Waals surface area (Å²) in [6, 6.07) is 20.5. The highest BCUT2D eigenvalue weighted by atomic mass is 35.5. The van der Waals surface area contributed by atoms with Gasteiger partial charge in [-0.15, -0.1) is 0 Å². The van der Waals surface area contributed by atoms with Crippen molar-refractivity contribution in [3.63, 3.8) is 0 Å². The Morgan fingerprint density at radius 2 is 1.68 bits per heavy atom. The lowest BCUT2D eigenvalue weighted by Gasteiger charge is -2.31. The Bertz CT molecular complexity index is 1880. The number of hydrogen-bond acceptors (Lipinski definition) is 4. The Morgan fingerprint density at radius 1 is 0.976 bits per heavy atom. The maximum atomic E-state index is 13.0. The summed E-state index contributed by atoms with van der Waals surface area (Å²) in [7, 11) is 3.65. The quantitative estimate of drug-likeness (QED) is 0.219. The second kappa shape index (κ2) is 11.1. The predicted octanol–water partition coefficient (Wildman–Crippen LogP) is 6.57. The van der Waals surface area contributed by atoms with E-state index in [0.29, 0.717) is 10.0 Å². The number of hydrogen-bond donors (Lipinski definition) is 1. The summed E-state index contributed by atoms with van der Waals surface area (Å²) >= 11 is 12.9. The zero-order valence-corrected chi connectivity index (χ0v) is 24.8. The molecule has 5 aromatic rings. The van der Waals surface area contributed by atoms with Crippen LogP contribution in [0.15, 0.2) is 95.7 Å². The zero-order chi connectivity index (χ0) is 29.5. The van der Waals surface area contributed by atoms with Crippen molar-refractivity contribution < 1.29 is 4.79 Å². The van der Waals surface area contributed by atoms with E-state index in [0.717, 1.165) is 50.0 Å². The van der Waals surface area contributed by atoms with Gasteiger partial charge in [-0.25, -0.2) is 4.98 Å². The van der Waals surface area contributed by atoms with Crippen LogP contribution in [0.2, 0.25) is 10.0 Å². The van der Waals surface area contributed by atoms with Crippen molar-refractivity contribution in [2.75, 3.05) is 0 Å². The molecule has 0 spiro atoms. The van der Waals surface area contributed by atoms with Gasteiger partial charge in [-0.1, -0.05) is 59.1 Å². The third-order valence-electron chi connectivity index (χ3n) is 7.40. The van der Waals surface area contributed by atoms with Gasteiger partial charge in [0.2, 0.25) is 0 Å². The van der Waals surface area contributed by atoms with Gasteiger partial charge in [0, 0.05) is 42.0 Å². The molecule has 8 heteroatoms. The number of rotatable bonds is 7. The number of carbonyl (C=O) groups is 1. The average Bonchev–Trinajstić information content (AvgIpc) is 3.37. The number of carbonyl (C=O) groups excluding carboxylic acids is 1. The van der Waals surface area contributed by atoms with Crippen LogP contribution in [-0.4, -0.2) is 19.9 Å². The highest BCUT2D eigenvalue weighted by Gasteiger charge is 2.35. The van der Waals surface area contributed by atoms with E-state index in [9.17, 15) is 9.59 Å². The normalized spacial score (nSPS) is 12.8. The van der Waals surface area contributed by atoms with E-state index in [4.69, 9.17) is 28.9 Å². The van der Waals surface area contributed by atoms with E-state index >= 15 is 0 Å². The average molecular weight is 586 g/mol. The number of aromatic nitrogens is 3. The molecule has 1 atom stereocenters. The Labute approximate surface area is 248 Å². The first-order valence-corrected chi connectivity index (χ1v) is 13.9. The van der Waals surface area contributed by atoms with E-state index in [-0.39, 0.29) is 17.8 Å². The van der Waals surface area contributed by atoms with E-state index in [2.05, 4.69) is 4.98 Å². The fourth-order valence-corrected chi connectivity index (χ4v) is 5.65. The van der Waals surface area contributed by atoms with Gasteiger partial charge in [0.15, 0.2) is 5.78 Å². The van der Waals surface area contributed by atoms with Crippen LogP contribution >= 0.6 is 23.2 Å². The first-order chi connectivity index (χ1) is 19.5. The summed E-state index contributed by atoms with van der Waals surface area (Å²) in [6.07, 6.45) is 5.29. The molecule has 0 radical (unpaired) electrons. The molecular formula is C33H30Cl2N4O2. The van der Waals surface area contributed by atoms with Crippen molar-refractivity contribution in [2.45, 2.75) is 25.8 Å². The molecule has 0 aliphatic heterocycles. The second-order valence-electron chi connectivity index (χ2n) is 10.6. The molecule has 0 amide bonds. The molecule has 2 N–H and O–H groups in total. The van der Waals surface area contributed by atoms with Crippen LogP contribution in [0.1, 0.15) is 36.2 Å². The standard InChI is InChI=1S/C33H30Cl2N4O2/c1-20(2)13-26(40)14-22-6-5-21(15-29(22)35)27-17-32(41)39(4)30-12-9-24(16-28(27)30)33(36,31-18-37-19-38(31)3)23-7-10-25(34)11-8-23/h5-13,15-19H,14,36H2,1-4H3/t33-/m1/s1. The molecule has 0 aliphatic rings. The van der Waals surface area contributed by atoms with Crippen LogP contribution < -0.4 is 11.3 Å². The van der Waals surface area contributed by atoms with Crippen LogP contribution in [0.4, 0.5) is 0 Å². The highest BCUT2D eigenvalue weighted by Crippen LogP contribution is 2.38. The lowest BCUT2D eigenvalue weighted by Crippen LogP contribution is -2.41. The SMILES string of the molecule is CC(C)=CC(=O)Cc1ccc(-c2cc(=O)n(C)c3ccc([C@](N)(c4ccc(Cl)cc4)c4cncn4C)cc23)cc1Cl. The van der Waals surface area contributed by atoms with Crippen molar-refractivity contribution in [3.8, 4) is 11.1 Å². The maximum absolute atomic E-state index is 13.0. The van der Waals surface area contributed by atoms with E-state index in [1.165, 1.54) is 0 Å². The highest BCUT2D eigenvalue weighted by molar-refractivity contribution is 6.32. The van der Waals surface area contributed by atoms with Gasteiger partial charge in [-0.3, -0.25) is 9.59 Å². The molecule has 0 aliphatic carbocycles. The first-order valence-electron chi connectivity index (χ1n) is 13.1. The lowest BCUT2D eigenvalue weighted by molar-refractivity contribution is -0.114. The predicted molar refractivity (Wildman–Crippen MR) is 167 cm³/mol. The largest absolute Gasteiger partial charge is 0.336 e. The van der Waals surface area contributed by atoms with E-state index < -0.39 is 5.54 Å². The van der Waals surface area contributed by atoms with Crippen LogP contribution in [0.25, 0.3) is 22.0 Å². The lowest BCUT2D eigenvalue weighted by atomic mass is 9.80. The molecule has 0 saturated heterocycles. The monoisotopic (exact) mass is 584 g/mol. The third-order valence-corrected chi connectivity index (χ3v) is 8.00. The van der Waals surface area contributed by atoms with Crippen molar-refractivity contribution in [2.24, 2.45) is 19.8 Å². The van der Waals surface area contributed by atoms with Gasteiger partial charge < -0.3 is 14.9 Å². The molecule has 6 nitrogen and oxygen atoms in total. The molecular weight excluding hydrogens is 555 g/mol. The molecule has 2 heterocycles. The molecule has 0 fully saturated rings. The Morgan fingerprint density at radius 3 is 2.32 bits per heavy atom. The number of pyridine rings is 1. The number of nitrogens with zero attached hydrogens (tertiary/aromatic N) is 3. The zero-order valence-electron chi connectivity index (χ0n) is 23.3. The number of aryl methyl sites for hydroxylation is 2. The molecule has 0 unspecified atom stereocenters. The molecule has 41 heavy (non-hydrogen) atoms. The number of nitrogens with two attached hydrogens (primary N) is 1. The summed E-state index contributed by atoms with van der Waals surface area (Å²) in [6.45, 7) is 3.77. The molecule has 0 saturated carbocycles. The van der Waals surface area contributed by atoms with Crippen molar-refractivity contribution in [1.82, 2.24) is 14.1 Å². The minimum Gasteiger partial charge on any atom is -0.336 e. The number of halogens is 2. The summed E-state index contributed by atoms with van der Waals surface area (Å²) in [5, 5.41) is 1.91. The Hall–Kier alpha value is -3.97. The van der Waals surface area contributed by atoms with Gasteiger partial charge in [-0.05, 0) is 78.1 Å². The second-order valence-corrected chi connectivity index (χ2v) is 11.4. The van der Waals surface area contributed by atoms with E-state index in [1.807, 2.05) is 86.1 Å². The third kappa shape index (κ3) is 5.38. The summed E-state index contributed by atoms with van der Waals surface area (Å²) in [5.74, 6) is -0.0139. The fraction of sp³-hybridized carbons (Fsp3) is 0.182. The topological polar surface area (TPSA) is 82.9 Å². The van der Waals surface area contributed by atoms with Gasteiger partial charge in [0.05, 0.1) is 23.7 Å². The minimum absolute atomic E-state index is 0.0139. The van der Waals surface area contributed by atoms with Gasteiger partial charge in [0.25, 0.3) is 5.56 Å². The Kier molecular flexibility index (Phi) is 7.75. The van der Waals surface area contributed by atoms with Gasteiger partial charge in [-0.2, -0.15) is 0 Å². The maximum Gasteiger partial charge on any atom is 0.251 e. The number of allylic oxidation sites excluding steroid dienone is 2. The number of benzene rings is 3. The van der Waals surface area contributed by atoms with Crippen LogP contribution in [0.5, 0.6) is 0 Å². The number of ketones is 1. The Balaban J connectivity index is 1.71. The van der Waals surface area contributed by atoms with E-state index in [1.54, 1.807) is 36.3 Å². The molecule has 5 rings (SSSR count). The summed E-state index contributed by atoms with van der Waals surface area (Å²) in [4.78, 5) is 29.7. The smallest absolute Gasteiger partial charge is 0.251 e. The summed E-state index contributed by atoms with van der Waals surface area (Å²) in [5.41, 5.74) is 12.4. The van der Waals surface area contributed by atoms with Gasteiger partial charge in [0.1, 0.15) is 5.54 Å². The molecule has 2 aromatic heterocycles.